The van der Waals surface area contributed by atoms with E-state index in [1.807, 2.05) is 0 Å². The van der Waals surface area contributed by atoms with Gasteiger partial charge in [-0.1, -0.05) is 23.2 Å². The minimum absolute atomic E-state index is 0.110. The van der Waals surface area contributed by atoms with Crippen LogP contribution in [0, 0.1) is 0 Å². The number of pyridine rings is 1. The third kappa shape index (κ3) is 5.21. The second-order valence-corrected chi connectivity index (χ2v) is 7.54. The van der Waals surface area contributed by atoms with Crippen LogP contribution in [0.15, 0.2) is 48.7 Å². The zero-order valence-electron chi connectivity index (χ0n) is 17.1. The van der Waals surface area contributed by atoms with Crippen molar-refractivity contribution in [3.05, 3.63) is 64.4 Å². The van der Waals surface area contributed by atoms with Gasteiger partial charge in [-0.2, -0.15) is 0 Å². The van der Waals surface area contributed by atoms with Crippen LogP contribution in [0.1, 0.15) is 10.5 Å². The number of carbonyl (C=O) groups is 2. The summed E-state index contributed by atoms with van der Waals surface area (Å²) in [5.74, 6) is -0.379. The Bertz CT molecular complexity index is 1290. The van der Waals surface area contributed by atoms with Gasteiger partial charge < -0.3 is 30.2 Å². The molecular formula is C21H14Cl2F2N4O5. The number of urea groups is 1. The van der Waals surface area contributed by atoms with E-state index in [0.29, 0.717) is 0 Å². The number of hydrogen-bond donors (Lipinski definition) is 3. The van der Waals surface area contributed by atoms with E-state index in [0.717, 1.165) is 0 Å². The second-order valence-electron chi connectivity index (χ2n) is 6.73. The van der Waals surface area contributed by atoms with Gasteiger partial charge in [0.05, 0.1) is 15.7 Å². The van der Waals surface area contributed by atoms with E-state index < -0.39 is 18.2 Å². The Balaban J connectivity index is 1.48. The predicted molar refractivity (Wildman–Crippen MR) is 119 cm³/mol. The van der Waals surface area contributed by atoms with Crippen molar-refractivity contribution in [2.24, 2.45) is 0 Å². The Kier molecular flexibility index (Phi) is 6.31. The van der Waals surface area contributed by atoms with Crippen molar-refractivity contribution in [1.29, 1.82) is 0 Å². The first-order chi connectivity index (χ1) is 16.1. The number of benzene rings is 2. The van der Waals surface area contributed by atoms with E-state index >= 15 is 0 Å². The molecule has 0 saturated heterocycles. The molecule has 34 heavy (non-hydrogen) atoms. The fourth-order valence-corrected chi connectivity index (χ4v) is 3.34. The number of amides is 3. The van der Waals surface area contributed by atoms with Crippen molar-refractivity contribution in [3.8, 4) is 23.0 Å². The highest BCUT2D eigenvalue weighted by Gasteiger charge is 2.43. The maximum Gasteiger partial charge on any atom is 0.586 e. The van der Waals surface area contributed by atoms with E-state index in [1.54, 1.807) is 0 Å². The molecule has 0 atom stereocenters. The number of halogens is 4. The van der Waals surface area contributed by atoms with Crippen LogP contribution in [0.3, 0.4) is 0 Å². The number of carbonyl (C=O) groups excluding carboxylic acids is 2. The van der Waals surface area contributed by atoms with Crippen LogP contribution in [-0.2, 0) is 0 Å². The first-order valence-electron chi connectivity index (χ1n) is 9.46. The summed E-state index contributed by atoms with van der Waals surface area (Å²) >= 11 is 12.4. The molecule has 4 rings (SSSR count). The number of fused-ring (bicyclic) bond motifs is 1. The lowest BCUT2D eigenvalue weighted by Crippen LogP contribution is -2.25. The van der Waals surface area contributed by atoms with Crippen LogP contribution in [0.4, 0.5) is 25.0 Å². The summed E-state index contributed by atoms with van der Waals surface area (Å²) in [7, 11) is 1.47. The van der Waals surface area contributed by atoms with Crippen LogP contribution in [0.25, 0.3) is 0 Å². The molecule has 1 aliphatic heterocycles. The molecular weight excluding hydrogens is 497 g/mol. The van der Waals surface area contributed by atoms with Crippen LogP contribution in [-0.4, -0.2) is 30.3 Å². The Morgan fingerprint density at radius 1 is 1.00 bits per heavy atom. The van der Waals surface area contributed by atoms with Gasteiger partial charge in [0, 0.05) is 37.1 Å². The fraction of sp³-hybridized carbons (Fsp3) is 0.0952. The number of alkyl halides is 2. The average molecular weight is 511 g/mol. The standard InChI is InChI=1S/C21H14Cl2F2N4O5/c1-26-19(30)15-7-11(4-5-27-15)32-17-9-14(12(22)8-13(17)23)29-20(31)28-10-2-3-16-18(6-10)34-21(24,25)33-16/h2-9H,1H3,(H,26,30)(H2,28,29,31). The summed E-state index contributed by atoms with van der Waals surface area (Å²) in [5.41, 5.74) is 0.438. The van der Waals surface area contributed by atoms with Gasteiger partial charge in [0.2, 0.25) is 0 Å². The van der Waals surface area contributed by atoms with Crippen molar-refractivity contribution >= 4 is 46.5 Å². The Labute approximate surface area is 200 Å². The maximum absolute atomic E-state index is 13.2. The zero-order chi connectivity index (χ0) is 24.5. The highest BCUT2D eigenvalue weighted by Crippen LogP contribution is 2.42. The summed E-state index contributed by atoms with van der Waals surface area (Å²) in [6.07, 6.45) is -2.38. The van der Waals surface area contributed by atoms with E-state index in [1.165, 1.54) is 55.7 Å². The molecule has 0 unspecified atom stereocenters. The molecule has 13 heteroatoms. The lowest BCUT2D eigenvalue weighted by molar-refractivity contribution is -0.286. The van der Waals surface area contributed by atoms with E-state index in [4.69, 9.17) is 27.9 Å². The minimum atomic E-state index is -3.77. The minimum Gasteiger partial charge on any atom is -0.456 e. The van der Waals surface area contributed by atoms with Gasteiger partial charge in [0.1, 0.15) is 17.2 Å². The molecule has 0 aliphatic carbocycles. The van der Waals surface area contributed by atoms with Crippen LogP contribution >= 0.6 is 23.2 Å². The van der Waals surface area contributed by atoms with Crippen molar-refractivity contribution in [3.63, 3.8) is 0 Å². The highest BCUT2D eigenvalue weighted by atomic mass is 35.5. The predicted octanol–water partition coefficient (Wildman–Crippen LogP) is 5.51. The van der Waals surface area contributed by atoms with Crippen molar-refractivity contribution in [1.82, 2.24) is 10.3 Å². The molecule has 0 spiro atoms. The van der Waals surface area contributed by atoms with Gasteiger partial charge >= 0.3 is 12.3 Å². The van der Waals surface area contributed by atoms with E-state index in [2.05, 4.69) is 30.4 Å². The van der Waals surface area contributed by atoms with Gasteiger partial charge in [0.15, 0.2) is 11.5 Å². The largest absolute Gasteiger partial charge is 0.586 e. The topological polar surface area (TPSA) is 111 Å². The van der Waals surface area contributed by atoms with Crippen LogP contribution < -0.4 is 30.2 Å². The number of nitrogens with one attached hydrogen (secondary N) is 3. The number of anilines is 2. The monoisotopic (exact) mass is 510 g/mol. The van der Waals surface area contributed by atoms with Gasteiger partial charge in [-0.15, -0.1) is 8.78 Å². The van der Waals surface area contributed by atoms with Gasteiger partial charge in [-0.25, -0.2) is 4.79 Å². The molecule has 3 N–H and O–H groups in total. The second kappa shape index (κ2) is 9.20. The number of rotatable bonds is 5. The molecule has 3 aromatic rings. The first-order valence-corrected chi connectivity index (χ1v) is 10.2. The summed E-state index contributed by atoms with van der Waals surface area (Å²) in [6.45, 7) is 0. The lowest BCUT2D eigenvalue weighted by atomic mass is 10.2. The van der Waals surface area contributed by atoms with E-state index in [9.17, 15) is 18.4 Å². The van der Waals surface area contributed by atoms with Gasteiger partial charge in [-0.05, 0) is 24.3 Å². The summed E-state index contributed by atoms with van der Waals surface area (Å²) in [4.78, 5) is 28.2. The van der Waals surface area contributed by atoms with E-state index in [-0.39, 0.29) is 50.1 Å². The molecule has 9 nitrogen and oxygen atoms in total. The zero-order valence-corrected chi connectivity index (χ0v) is 18.6. The molecule has 0 bridgehead atoms. The summed E-state index contributed by atoms with van der Waals surface area (Å²) in [6, 6.07) is 8.70. The van der Waals surface area contributed by atoms with Crippen LogP contribution in [0.5, 0.6) is 23.0 Å². The Hall–Kier alpha value is -3.83. The molecule has 0 radical (unpaired) electrons. The molecule has 176 valence electrons. The SMILES string of the molecule is CNC(=O)c1cc(Oc2cc(NC(=O)Nc3ccc4c(c3)OC(F)(F)O4)c(Cl)cc2Cl)ccn1. The molecule has 1 aromatic heterocycles. The quantitative estimate of drug-likeness (QED) is 0.417. The third-order valence-corrected chi connectivity index (χ3v) is 4.96. The normalized spacial score (nSPS) is 13.2. The van der Waals surface area contributed by atoms with Gasteiger partial charge in [-0.3, -0.25) is 9.78 Å². The van der Waals surface area contributed by atoms with Crippen molar-refractivity contribution in [2.75, 3.05) is 17.7 Å². The molecule has 2 aromatic carbocycles. The number of nitrogens with zero attached hydrogens (tertiary/aromatic N) is 1. The molecule has 2 heterocycles. The average Bonchev–Trinajstić information content (AvgIpc) is 3.09. The molecule has 0 fully saturated rings. The first kappa shape index (κ1) is 23.3. The molecule has 1 aliphatic rings. The highest BCUT2D eigenvalue weighted by molar-refractivity contribution is 6.37. The Morgan fingerprint density at radius 2 is 1.76 bits per heavy atom. The summed E-state index contributed by atoms with van der Waals surface area (Å²) < 4.78 is 40.7. The molecule has 0 saturated carbocycles. The van der Waals surface area contributed by atoms with Crippen molar-refractivity contribution in [2.45, 2.75) is 6.29 Å². The smallest absolute Gasteiger partial charge is 0.456 e. The lowest BCUT2D eigenvalue weighted by Gasteiger charge is -2.13. The van der Waals surface area contributed by atoms with Gasteiger partial charge in [0.25, 0.3) is 5.91 Å². The number of hydrogen-bond acceptors (Lipinski definition) is 6. The fourth-order valence-electron chi connectivity index (χ4n) is 2.87. The summed E-state index contributed by atoms with van der Waals surface area (Å²) in [5, 5.41) is 7.69. The molecule has 3 amide bonds. The number of aromatic nitrogens is 1. The van der Waals surface area contributed by atoms with Crippen molar-refractivity contribution < 1.29 is 32.6 Å². The Morgan fingerprint density at radius 3 is 2.53 bits per heavy atom. The number of ether oxygens (including phenoxy) is 3. The van der Waals surface area contributed by atoms with Crippen LogP contribution in [0.2, 0.25) is 10.0 Å². The third-order valence-electron chi connectivity index (χ3n) is 4.35. The maximum atomic E-state index is 13.2.